The third-order valence-corrected chi connectivity index (χ3v) is 4.23. The molecular weight excluding hydrogens is 332 g/mol. The molecule has 21 heavy (non-hydrogen) atoms. The lowest BCUT2D eigenvalue weighted by molar-refractivity contribution is 1.17. The predicted molar refractivity (Wildman–Crippen MR) is 88.9 cm³/mol. The molecular formula is C15H13BrN4O. The van der Waals surface area contributed by atoms with E-state index in [4.69, 9.17) is 5.73 Å². The van der Waals surface area contributed by atoms with E-state index >= 15 is 0 Å². The Morgan fingerprint density at radius 2 is 2.10 bits per heavy atom. The van der Waals surface area contributed by atoms with Crippen LogP contribution in [0.2, 0.25) is 0 Å². The SMILES string of the molecule is Cc1cccc(Nc2nc3ccc(N)cc3c(=O)[nH]2)c1Br. The van der Waals surface area contributed by atoms with E-state index < -0.39 is 0 Å². The molecule has 2 aromatic carbocycles. The molecule has 1 heterocycles. The minimum atomic E-state index is -0.224. The molecule has 6 heteroatoms. The van der Waals surface area contributed by atoms with Crippen molar-refractivity contribution in [2.75, 3.05) is 11.1 Å². The number of anilines is 3. The molecule has 4 N–H and O–H groups in total. The number of rotatable bonds is 2. The molecule has 0 fully saturated rings. The Kier molecular flexibility index (Phi) is 3.39. The molecule has 0 aliphatic heterocycles. The summed E-state index contributed by atoms with van der Waals surface area (Å²) in [6, 6.07) is 10.9. The minimum Gasteiger partial charge on any atom is -0.399 e. The first kappa shape index (κ1) is 13.6. The fraction of sp³-hybridized carbons (Fsp3) is 0.0667. The van der Waals surface area contributed by atoms with E-state index in [1.807, 2.05) is 25.1 Å². The van der Waals surface area contributed by atoms with Gasteiger partial charge in [0.15, 0.2) is 0 Å². The molecule has 0 saturated carbocycles. The number of H-pyrrole nitrogens is 1. The van der Waals surface area contributed by atoms with Gasteiger partial charge in [-0.2, -0.15) is 0 Å². The highest BCUT2D eigenvalue weighted by Gasteiger charge is 2.07. The standard InChI is InChI=1S/C15H13BrN4O/c1-8-3-2-4-12(13(8)16)19-15-18-11-6-5-9(17)7-10(11)14(21)20-15/h2-7H,17H2,1H3,(H2,18,19,20,21). The molecule has 0 amide bonds. The molecule has 3 aromatic rings. The maximum atomic E-state index is 12.1. The van der Waals surface area contributed by atoms with Gasteiger partial charge in [-0.25, -0.2) is 4.98 Å². The zero-order valence-electron chi connectivity index (χ0n) is 11.3. The Bertz CT molecular complexity index is 888. The summed E-state index contributed by atoms with van der Waals surface area (Å²) in [6.07, 6.45) is 0. The van der Waals surface area contributed by atoms with E-state index in [0.29, 0.717) is 22.5 Å². The Morgan fingerprint density at radius 3 is 2.90 bits per heavy atom. The van der Waals surface area contributed by atoms with Crippen LogP contribution in [-0.2, 0) is 0 Å². The third-order valence-electron chi connectivity index (χ3n) is 3.17. The summed E-state index contributed by atoms with van der Waals surface area (Å²) < 4.78 is 0.935. The van der Waals surface area contributed by atoms with Crippen LogP contribution in [0.15, 0.2) is 45.7 Å². The summed E-state index contributed by atoms with van der Waals surface area (Å²) in [5, 5.41) is 3.59. The van der Waals surface area contributed by atoms with Crippen LogP contribution in [0.3, 0.4) is 0 Å². The summed E-state index contributed by atoms with van der Waals surface area (Å²) in [4.78, 5) is 19.2. The van der Waals surface area contributed by atoms with Crippen LogP contribution in [0.1, 0.15) is 5.56 Å². The van der Waals surface area contributed by atoms with Crippen molar-refractivity contribution >= 4 is 44.2 Å². The van der Waals surface area contributed by atoms with Crippen molar-refractivity contribution in [3.63, 3.8) is 0 Å². The Hall–Kier alpha value is -2.34. The van der Waals surface area contributed by atoms with Gasteiger partial charge in [0.25, 0.3) is 5.56 Å². The normalized spacial score (nSPS) is 10.8. The number of benzene rings is 2. The summed E-state index contributed by atoms with van der Waals surface area (Å²) in [6.45, 7) is 1.99. The number of nitrogens with one attached hydrogen (secondary N) is 2. The highest BCUT2D eigenvalue weighted by atomic mass is 79.9. The molecule has 0 spiro atoms. The van der Waals surface area contributed by atoms with E-state index in [-0.39, 0.29) is 5.56 Å². The lowest BCUT2D eigenvalue weighted by Crippen LogP contribution is -2.11. The van der Waals surface area contributed by atoms with Gasteiger partial charge in [0, 0.05) is 10.2 Å². The van der Waals surface area contributed by atoms with Crippen molar-refractivity contribution in [3.8, 4) is 0 Å². The molecule has 5 nitrogen and oxygen atoms in total. The van der Waals surface area contributed by atoms with Crippen LogP contribution in [0, 0.1) is 6.92 Å². The van der Waals surface area contributed by atoms with Crippen molar-refractivity contribution in [2.24, 2.45) is 0 Å². The second-order valence-corrected chi connectivity index (χ2v) is 5.55. The highest BCUT2D eigenvalue weighted by molar-refractivity contribution is 9.10. The summed E-state index contributed by atoms with van der Waals surface area (Å²) in [7, 11) is 0. The van der Waals surface area contributed by atoms with Crippen molar-refractivity contribution < 1.29 is 0 Å². The van der Waals surface area contributed by atoms with Crippen molar-refractivity contribution in [2.45, 2.75) is 6.92 Å². The van der Waals surface area contributed by atoms with Crippen LogP contribution in [0.4, 0.5) is 17.3 Å². The van der Waals surface area contributed by atoms with Gasteiger partial charge in [-0.05, 0) is 52.7 Å². The fourth-order valence-electron chi connectivity index (χ4n) is 2.09. The number of aromatic amines is 1. The Labute approximate surface area is 129 Å². The third kappa shape index (κ3) is 2.62. The first-order valence-corrected chi connectivity index (χ1v) is 7.15. The quantitative estimate of drug-likeness (QED) is 0.622. The second kappa shape index (κ2) is 5.21. The van der Waals surface area contributed by atoms with Gasteiger partial charge < -0.3 is 11.1 Å². The number of halogens is 1. The molecule has 0 aliphatic carbocycles. The van der Waals surface area contributed by atoms with Crippen LogP contribution < -0.4 is 16.6 Å². The van der Waals surface area contributed by atoms with Crippen molar-refractivity contribution in [3.05, 3.63) is 56.8 Å². The summed E-state index contributed by atoms with van der Waals surface area (Å²) >= 11 is 3.52. The number of nitrogens with two attached hydrogens (primary N) is 1. The summed E-state index contributed by atoms with van der Waals surface area (Å²) in [5.74, 6) is 0.392. The zero-order valence-corrected chi connectivity index (χ0v) is 12.9. The van der Waals surface area contributed by atoms with Gasteiger partial charge in [0.05, 0.1) is 16.6 Å². The molecule has 0 atom stereocenters. The highest BCUT2D eigenvalue weighted by Crippen LogP contribution is 2.27. The van der Waals surface area contributed by atoms with Gasteiger partial charge in [0.2, 0.25) is 5.95 Å². The van der Waals surface area contributed by atoms with Crippen LogP contribution >= 0.6 is 15.9 Å². The topological polar surface area (TPSA) is 83.8 Å². The second-order valence-electron chi connectivity index (χ2n) is 4.75. The lowest BCUT2D eigenvalue weighted by Gasteiger charge is -2.10. The molecule has 0 radical (unpaired) electrons. The molecule has 106 valence electrons. The molecule has 0 saturated heterocycles. The van der Waals surface area contributed by atoms with Crippen LogP contribution in [-0.4, -0.2) is 9.97 Å². The average Bonchev–Trinajstić information content (AvgIpc) is 2.45. The smallest absolute Gasteiger partial charge is 0.260 e. The first-order valence-electron chi connectivity index (χ1n) is 6.36. The maximum Gasteiger partial charge on any atom is 0.260 e. The molecule has 0 aliphatic rings. The number of hydrogen-bond acceptors (Lipinski definition) is 4. The lowest BCUT2D eigenvalue weighted by atomic mass is 10.2. The number of aryl methyl sites for hydroxylation is 1. The number of nitrogens with zero attached hydrogens (tertiary/aromatic N) is 1. The van der Waals surface area contributed by atoms with E-state index in [9.17, 15) is 4.79 Å². The van der Waals surface area contributed by atoms with E-state index in [0.717, 1.165) is 15.7 Å². The largest absolute Gasteiger partial charge is 0.399 e. The van der Waals surface area contributed by atoms with Crippen molar-refractivity contribution in [1.82, 2.24) is 9.97 Å². The van der Waals surface area contributed by atoms with Gasteiger partial charge in [-0.1, -0.05) is 12.1 Å². The molecule has 1 aromatic heterocycles. The summed E-state index contributed by atoms with van der Waals surface area (Å²) in [5.41, 5.74) is 8.53. The number of nitrogen functional groups attached to an aromatic ring is 1. The molecule has 0 unspecified atom stereocenters. The maximum absolute atomic E-state index is 12.1. The van der Waals surface area contributed by atoms with E-state index in [1.165, 1.54) is 0 Å². The van der Waals surface area contributed by atoms with Gasteiger partial charge in [-0.15, -0.1) is 0 Å². The van der Waals surface area contributed by atoms with Crippen molar-refractivity contribution in [1.29, 1.82) is 0 Å². The van der Waals surface area contributed by atoms with Gasteiger partial charge in [-0.3, -0.25) is 9.78 Å². The predicted octanol–water partition coefficient (Wildman–Crippen LogP) is 3.32. The number of aromatic nitrogens is 2. The average molecular weight is 345 g/mol. The van der Waals surface area contributed by atoms with Crippen LogP contribution in [0.5, 0.6) is 0 Å². The van der Waals surface area contributed by atoms with E-state index in [2.05, 4.69) is 31.2 Å². The van der Waals surface area contributed by atoms with Gasteiger partial charge in [0.1, 0.15) is 0 Å². The number of hydrogen-bond donors (Lipinski definition) is 3. The Morgan fingerprint density at radius 1 is 1.29 bits per heavy atom. The zero-order chi connectivity index (χ0) is 15.0. The first-order chi connectivity index (χ1) is 10.0. The van der Waals surface area contributed by atoms with Gasteiger partial charge >= 0.3 is 0 Å². The monoisotopic (exact) mass is 344 g/mol. The molecule has 0 bridgehead atoms. The van der Waals surface area contributed by atoms with Crippen LogP contribution in [0.25, 0.3) is 10.9 Å². The Balaban J connectivity index is 2.08. The number of fused-ring (bicyclic) bond motifs is 1. The van der Waals surface area contributed by atoms with E-state index in [1.54, 1.807) is 18.2 Å². The minimum absolute atomic E-state index is 0.224. The molecule has 3 rings (SSSR count). The fourth-order valence-corrected chi connectivity index (χ4v) is 2.45.